The van der Waals surface area contributed by atoms with Crippen LogP contribution in [0, 0.1) is 0 Å². The van der Waals surface area contributed by atoms with Gasteiger partial charge in [-0.2, -0.15) is 0 Å². The van der Waals surface area contributed by atoms with E-state index in [-0.39, 0.29) is 5.54 Å². The molecule has 0 aliphatic rings. The van der Waals surface area contributed by atoms with Gasteiger partial charge in [0.2, 0.25) is 0 Å². The number of hydrogen-bond donors (Lipinski definition) is 1. The Morgan fingerprint density at radius 1 is 1.24 bits per heavy atom. The highest BCUT2D eigenvalue weighted by Crippen LogP contribution is 2.21. The summed E-state index contributed by atoms with van der Waals surface area (Å²) in [6, 6.07) is 4.14. The number of thiazole rings is 1. The van der Waals surface area contributed by atoms with Crippen molar-refractivity contribution >= 4 is 22.4 Å². The number of rotatable bonds is 4. The molecule has 0 radical (unpaired) electrons. The fraction of sp³-hybridized carbons (Fsp3) is 0.375. The van der Waals surface area contributed by atoms with Gasteiger partial charge >= 0.3 is 0 Å². The summed E-state index contributed by atoms with van der Waals surface area (Å²) in [5.74, 6) is 0. The number of nitrogens with zero attached hydrogens (tertiary/aromatic N) is 3. The third-order valence-electron chi connectivity index (χ3n) is 3.31. The fourth-order valence-corrected chi connectivity index (χ4v) is 2.91. The van der Waals surface area contributed by atoms with Gasteiger partial charge in [0.15, 0.2) is 0 Å². The van der Waals surface area contributed by atoms with Crippen LogP contribution in [0.2, 0.25) is 0 Å². The molecule has 3 aromatic heterocycles. The molecule has 0 spiro atoms. The van der Waals surface area contributed by atoms with Crippen LogP contribution >= 0.6 is 11.3 Å². The van der Waals surface area contributed by atoms with Gasteiger partial charge in [0, 0.05) is 41.4 Å². The molecule has 0 bridgehead atoms. The largest absolute Gasteiger partial charge is 0.325 e. The highest BCUT2D eigenvalue weighted by atomic mass is 32.1. The molecule has 0 saturated heterocycles. The molecule has 0 aliphatic carbocycles. The predicted octanol–water partition coefficient (Wildman–Crippen LogP) is 3.43. The van der Waals surface area contributed by atoms with Crippen molar-refractivity contribution in [3.8, 4) is 0 Å². The first-order chi connectivity index (χ1) is 10.0. The van der Waals surface area contributed by atoms with Crippen molar-refractivity contribution in [1.82, 2.24) is 19.9 Å². The quantitative estimate of drug-likeness (QED) is 0.802. The maximum atomic E-state index is 4.54. The zero-order valence-corrected chi connectivity index (χ0v) is 13.4. The third kappa shape index (κ3) is 3.31. The third-order valence-corrected chi connectivity index (χ3v) is 4.08. The summed E-state index contributed by atoms with van der Waals surface area (Å²) < 4.78 is 2.19. The maximum Gasteiger partial charge on any atom is 0.140 e. The Kier molecular flexibility index (Phi) is 3.78. The lowest BCUT2D eigenvalue weighted by Gasteiger charge is -2.20. The predicted molar refractivity (Wildman–Crippen MR) is 87.5 cm³/mol. The first-order valence-corrected chi connectivity index (χ1v) is 7.97. The second-order valence-corrected chi connectivity index (χ2v) is 7.17. The van der Waals surface area contributed by atoms with Crippen molar-refractivity contribution in [3.63, 3.8) is 0 Å². The van der Waals surface area contributed by atoms with Crippen LogP contribution in [0.1, 0.15) is 31.3 Å². The van der Waals surface area contributed by atoms with Crippen LogP contribution in [0.15, 0.2) is 36.1 Å². The van der Waals surface area contributed by atoms with Crippen LogP contribution < -0.4 is 5.32 Å². The molecule has 0 amide bonds. The van der Waals surface area contributed by atoms with Gasteiger partial charge in [0.25, 0.3) is 0 Å². The molecule has 0 saturated carbocycles. The Morgan fingerprint density at radius 2 is 2.10 bits per heavy atom. The van der Waals surface area contributed by atoms with E-state index >= 15 is 0 Å². The smallest absolute Gasteiger partial charge is 0.140 e. The molecule has 5 heteroatoms. The Balaban J connectivity index is 1.94. The molecule has 0 unspecified atom stereocenters. The number of fused-ring (bicyclic) bond motifs is 1. The first-order valence-electron chi connectivity index (χ1n) is 7.09. The van der Waals surface area contributed by atoms with Gasteiger partial charge in [-0.15, -0.1) is 11.3 Å². The highest BCUT2D eigenvalue weighted by Gasteiger charge is 2.13. The van der Waals surface area contributed by atoms with Crippen molar-refractivity contribution in [1.29, 1.82) is 0 Å². The van der Waals surface area contributed by atoms with Crippen LogP contribution in [0.3, 0.4) is 0 Å². The van der Waals surface area contributed by atoms with E-state index in [1.165, 1.54) is 10.9 Å². The minimum Gasteiger partial charge on any atom is -0.325 e. The van der Waals surface area contributed by atoms with Crippen molar-refractivity contribution < 1.29 is 0 Å². The molecule has 0 aliphatic heterocycles. The lowest BCUT2D eigenvalue weighted by molar-refractivity contribution is 0.425. The van der Waals surface area contributed by atoms with Crippen molar-refractivity contribution in [3.05, 3.63) is 46.7 Å². The molecule has 0 fully saturated rings. The summed E-state index contributed by atoms with van der Waals surface area (Å²) >= 11 is 1.68. The second-order valence-electron chi connectivity index (χ2n) is 6.19. The molecule has 3 aromatic rings. The molecule has 3 rings (SSSR count). The van der Waals surface area contributed by atoms with Crippen molar-refractivity contribution in [2.24, 2.45) is 0 Å². The summed E-state index contributed by atoms with van der Waals surface area (Å²) in [5.41, 5.74) is 2.41. The number of aromatic nitrogens is 3. The van der Waals surface area contributed by atoms with Crippen LogP contribution in [0.5, 0.6) is 0 Å². The molecule has 110 valence electrons. The van der Waals surface area contributed by atoms with Gasteiger partial charge in [0.1, 0.15) is 10.7 Å². The molecular formula is C16H20N4S. The van der Waals surface area contributed by atoms with E-state index < -0.39 is 0 Å². The standard InChI is InChI=1S/C16H20N4S/c1-16(2,3)19-9-12-10-20(11-14-17-7-8-21-14)15-13(12)5-4-6-18-15/h4-8,10,19H,9,11H2,1-3H3. The fourth-order valence-electron chi connectivity index (χ4n) is 2.29. The van der Waals surface area contributed by atoms with Gasteiger partial charge in [-0.05, 0) is 38.5 Å². The Morgan fingerprint density at radius 3 is 2.81 bits per heavy atom. The zero-order valence-electron chi connectivity index (χ0n) is 12.6. The van der Waals surface area contributed by atoms with Gasteiger partial charge in [-0.3, -0.25) is 0 Å². The summed E-state index contributed by atoms with van der Waals surface area (Å²) in [6.07, 6.45) is 5.89. The molecule has 0 atom stereocenters. The van der Waals surface area contributed by atoms with Crippen LogP contribution in [0.4, 0.5) is 0 Å². The van der Waals surface area contributed by atoms with Crippen LogP contribution in [-0.4, -0.2) is 20.1 Å². The summed E-state index contributed by atoms with van der Waals surface area (Å²) in [5, 5.41) is 7.88. The topological polar surface area (TPSA) is 42.7 Å². The molecule has 1 N–H and O–H groups in total. The minimum atomic E-state index is 0.103. The lowest BCUT2D eigenvalue weighted by atomic mass is 10.1. The van der Waals surface area contributed by atoms with Crippen molar-refractivity contribution in [2.45, 2.75) is 39.4 Å². The van der Waals surface area contributed by atoms with Gasteiger partial charge < -0.3 is 9.88 Å². The number of pyridine rings is 1. The molecule has 4 nitrogen and oxygen atoms in total. The first kappa shape index (κ1) is 14.2. The zero-order chi connectivity index (χ0) is 14.9. The van der Waals surface area contributed by atoms with E-state index in [4.69, 9.17) is 0 Å². The van der Waals surface area contributed by atoms with E-state index in [1.54, 1.807) is 11.3 Å². The van der Waals surface area contributed by atoms with E-state index in [0.29, 0.717) is 0 Å². The van der Waals surface area contributed by atoms with Gasteiger partial charge in [-0.25, -0.2) is 9.97 Å². The summed E-state index contributed by atoms with van der Waals surface area (Å²) in [6.45, 7) is 8.16. The van der Waals surface area contributed by atoms with Crippen molar-refractivity contribution in [2.75, 3.05) is 0 Å². The van der Waals surface area contributed by atoms with E-state index in [2.05, 4.69) is 52.9 Å². The minimum absolute atomic E-state index is 0.103. The number of hydrogen-bond acceptors (Lipinski definition) is 4. The van der Waals surface area contributed by atoms with Crippen LogP contribution in [-0.2, 0) is 13.1 Å². The molecular weight excluding hydrogens is 280 g/mol. The Labute approximate surface area is 128 Å². The molecule has 3 heterocycles. The highest BCUT2D eigenvalue weighted by molar-refractivity contribution is 7.09. The second kappa shape index (κ2) is 5.58. The van der Waals surface area contributed by atoms with Crippen LogP contribution in [0.25, 0.3) is 11.0 Å². The summed E-state index contributed by atoms with van der Waals surface area (Å²) in [7, 11) is 0. The van der Waals surface area contributed by atoms with E-state index in [0.717, 1.165) is 23.7 Å². The Bertz CT molecular complexity index is 722. The molecule has 21 heavy (non-hydrogen) atoms. The van der Waals surface area contributed by atoms with E-state index in [9.17, 15) is 0 Å². The van der Waals surface area contributed by atoms with Gasteiger partial charge in [-0.1, -0.05) is 0 Å². The average molecular weight is 300 g/mol. The number of nitrogens with one attached hydrogen (secondary N) is 1. The summed E-state index contributed by atoms with van der Waals surface area (Å²) in [4.78, 5) is 8.91. The monoisotopic (exact) mass is 300 g/mol. The normalized spacial score (nSPS) is 12.1. The lowest BCUT2D eigenvalue weighted by Crippen LogP contribution is -2.34. The Hall–Kier alpha value is -1.72. The molecule has 0 aromatic carbocycles. The van der Waals surface area contributed by atoms with E-state index in [1.807, 2.05) is 23.8 Å². The van der Waals surface area contributed by atoms with Gasteiger partial charge in [0.05, 0.1) is 6.54 Å². The SMILES string of the molecule is CC(C)(C)NCc1cn(Cc2nccs2)c2ncccc12. The average Bonchev–Trinajstić information content (AvgIpc) is 3.05. The maximum absolute atomic E-state index is 4.54.